The molecule has 1 aromatic rings. The predicted molar refractivity (Wildman–Crippen MR) is 83.0 cm³/mol. The first-order chi connectivity index (χ1) is 9.40. The van der Waals surface area contributed by atoms with E-state index in [9.17, 15) is 4.79 Å². The topological polar surface area (TPSA) is 61.4 Å². The zero-order valence-corrected chi connectivity index (χ0v) is 12.9. The maximum Gasteiger partial charge on any atom is 0.253 e. The number of anilines is 1. The number of amides is 1. The molecular weight excluding hydrogens is 252 g/mol. The van der Waals surface area contributed by atoms with Crippen LogP contribution < -0.4 is 10.6 Å². The van der Waals surface area contributed by atoms with Gasteiger partial charge in [-0.1, -0.05) is 32.9 Å². The van der Waals surface area contributed by atoms with E-state index in [1.165, 1.54) is 0 Å². The molecule has 0 aliphatic heterocycles. The molecule has 0 fully saturated rings. The SMILES string of the molecule is CCNc1ccccc1C(=O)NC(CCO)C(C)(C)C. The maximum atomic E-state index is 12.4. The summed E-state index contributed by atoms with van der Waals surface area (Å²) in [6, 6.07) is 7.41. The molecule has 4 heteroatoms. The smallest absolute Gasteiger partial charge is 0.253 e. The minimum atomic E-state index is -0.102. The molecule has 0 aromatic heterocycles. The van der Waals surface area contributed by atoms with E-state index < -0.39 is 0 Å². The van der Waals surface area contributed by atoms with E-state index in [0.717, 1.165) is 12.2 Å². The van der Waals surface area contributed by atoms with Gasteiger partial charge in [0.25, 0.3) is 5.91 Å². The Morgan fingerprint density at radius 3 is 2.50 bits per heavy atom. The van der Waals surface area contributed by atoms with Crippen molar-refractivity contribution in [1.82, 2.24) is 5.32 Å². The van der Waals surface area contributed by atoms with Gasteiger partial charge in [0.05, 0.1) is 5.56 Å². The van der Waals surface area contributed by atoms with Gasteiger partial charge in [0.1, 0.15) is 0 Å². The van der Waals surface area contributed by atoms with Gasteiger partial charge in [-0.25, -0.2) is 0 Å². The number of aliphatic hydroxyl groups excluding tert-OH is 1. The van der Waals surface area contributed by atoms with Crippen LogP contribution in [0.5, 0.6) is 0 Å². The monoisotopic (exact) mass is 278 g/mol. The van der Waals surface area contributed by atoms with Gasteiger partial charge < -0.3 is 15.7 Å². The molecule has 4 nitrogen and oxygen atoms in total. The summed E-state index contributed by atoms with van der Waals surface area (Å²) in [5.41, 5.74) is 1.39. The van der Waals surface area contributed by atoms with Gasteiger partial charge in [-0.05, 0) is 30.9 Å². The molecule has 1 aromatic carbocycles. The summed E-state index contributed by atoms with van der Waals surface area (Å²) >= 11 is 0. The molecule has 3 N–H and O–H groups in total. The van der Waals surface area contributed by atoms with Crippen LogP contribution in [-0.4, -0.2) is 30.2 Å². The van der Waals surface area contributed by atoms with Crippen molar-refractivity contribution in [3.63, 3.8) is 0 Å². The summed E-state index contributed by atoms with van der Waals surface area (Å²) in [5, 5.41) is 15.4. The summed E-state index contributed by atoms with van der Waals surface area (Å²) in [6.45, 7) is 9.01. The Bertz CT molecular complexity index is 438. The van der Waals surface area contributed by atoms with Crippen molar-refractivity contribution in [1.29, 1.82) is 0 Å². The molecule has 20 heavy (non-hydrogen) atoms. The first-order valence-corrected chi connectivity index (χ1v) is 7.14. The third-order valence-electron chi connectivity index (χ3n) is 3.31. The Morgan fingerprint density at radius 2 is 1.95 bits per heavy atom. The van der Waals surface area contributed by atoms with Crippen molar-refractivity contribution in [3.05, 3.63) is 29.8 Å². The molecule has 1 amide bonds. The lowest BCUT2D eigenvalue weighted by Crippen LogP contribution is -2.44. The molecule has 0 bridgehead atoms. The van der Waals surface area contributed by atoms with E-state index in [1.54, 1.807) is 0 Å². The van der Waals surface area contributed by atoms with E-state index in [0.29, 0.717) is 12.0 Å². The minimum Gasteiger partial charge on any atom is -0.396 e. The van der Waals surface area contributed by atoms with Crippen LogP contribution >= 0.6 is 0 Å². The van der Waals surface area contributed by atoms with E-state index >= 15 is 0 Å². The average molecular weight is 278 g/mol. The summed E-state index contributed by atoms with van der Waals surface area (Å²) in [7, 11) is 0. The molecule has 112 valence electrons. The summed E-state index contributed by atoms with van der Waals surface area (Å²) < 4.78 is 0. The zero-order valence-electron chi connectivity index (χ0n) is 12.9. The lowest BCUT2D eigenvalue weighted by atomic mass is 9.84. The lowest BCUT2D eigenvalue weighted by molar-refractivity contribution is 0.0886. The largest absolute Gasteiger partial charge is 0.396 e. The molecule has 0 radical (unpaired) electrons. The normalized spacial score (nSPS) is 12.8. The van der Waals surface area contributed by atoms with Crippen LogP contribution in [0.3, 0.4) is 0 Å². The highest BCUT2D eigenvalue weighted by molar-refractivity contribution is 5.99. The Labute approximate surface area is 121 Å². The summed E-state index contributed by atoms with van der Waals surface area (Å²) in [5.74, 6) is -0.102. The predicted octanol–water partition coefficient (Wildman–Crippen LogP) is 2.65. The Balaban J connectivity index is 2.89. The molecule has 0 heterocycles. The van der Waals surface area contributed by atoms with E-state index in [2.05, 4.69) is 31.4 Å². The maximum absolute atomic E-state index is 12.4. The third-order valence-corrected chi connectivity index (χ3v) is 3.31. The number of benzene rings is 1. The zero-order chi connectivity index (χ0) is 15.2. The van der Waals surface area contributed by atoms with Crippen molar-refractivity contribution in [2.24, 2.45) is 5.41 Å². The molecule has 0 aliphatic carbocycles. The highest BCUT2D eigenvalue weighted by Crippen LogP contribution is 2.23. The van der Waals surface area contributed by atoms with Crippen molar-refractivity contribution in [2.75, 3.05) is 18.5 Å². The van der Waals surface area contributed by atoms with Crippen LogP contribution in [0.2, 0.25) is 0 Å². The van der Waals surface area contributed by atoms with Crippen molar-refractivity contribution >= 4 is 11.6 Å². The van der Waals surface area contributed by atoms with Crippen LogP contribution in [0, 0.1) is 5.41 Å². The number of carbonyl (C=O) groups is 1. The average Bonchev–Trinajstić information content (AvgIpc) is 2.38. The second kappa shape index (κ2) is 7.29. The van der Waals surface area contributed by atoms with Crippen LogP contribution in [0.25, 0.3) is 0 Å². The quantitative estimate of drug-likeness (QED) is 0.749. The van der Waals surface area contributed by atoms with Crippen molar-refractivity contribution < 1.29 is 9.90 Å². The standard InChI is InChI=1S/C16H26N2O2/c1-5-17-13-9-7-6-8-12(13)15(20)18-14(10-11-19)16(2,3)4/h6-9,14,17,19H,5,10-11H2,1-4H3,(H,18,20). The van der Waals surface area contributed by atoms with Gasteiger partial charge in [-0.3, -0.25) is 4.79 Å². The van der Waals surface area contributed by atoms with Crippen molar-refractivity contribution in [3.8, 4) is 0 Å². The number of rotatable bonds is 6. The van der Waals surface area contributed by atoms with E-state index in [4.69, 9.17) is 5.11 Å². The summed E-state index contributed by atoms with van der Waals surface area (Å²) in [6.07, 6.45) is 0.554. The van der Waals surface area contributed by atoms with Gasteiger partial charge in [-0.2, -0.15) is 0 Å². The fraction of sp³-hybridized carbons (Fsp3) is 0.562. The van der Waals surface area contributed by atoms with Gasteiger partial charge in [-0.15, -0.1) is 0 Å². The molecule has 1 atom stereocenters. The van der Waals surface area contributed by atoms with Crippen LogP contribution in [0.1, 0.15) is 44.5 Å². The number of para-hydroxylation sites is 1. The van der Waals surface area contributed by atoms with Crippen LogP contribution in [0.4, 0.5) is 5.69 Å². The fourth-order valence-electron chi connectivity index (χ4n) is 2.11. The molecule has 0 aliphatic rings. The van der Waals surface area contributed by atoms with E-state index in [1.807, 2.05) is 31.2 Å². The highest BCUT2D eigenvalue weighted by Gasteiger charge is 2.26. The van der Waals surface area contributed by atoms with Gasteiger partial charge in [0, 0.05) is 24.9 Å². The van der Waals surface area contributed by atoms with Gasteiger partial charge in [0.15, 0.2) is 0 Å². The van der Waals surface area contributed by atoms with Gasteiger partial charge in [0.2, 0.25) is 0 Å². The Kier molecular flexibility index (Phi) is 6.02. The first-order valence-electron chi connectivity index (χ1n) is 7.14. The second-order valence-electron chi connectivity index (χ2n) is 5.98. The number of aliphatic hydroxyl groups is 1. The fourth-order valence-corrected chi connectivity index (χ4v) is 2.11. The third kappa shape index (κ3) is 4.53. The number of hydrogen-bond acceptors (Lipinski definition) is 3. The first kappa shape index (κ1) is 16.5. The molecular formula is C16H26N2O2. The minimum absolute atomic E-state index is 0.0605. The van der Waals surface area contributed by atoms with Crippen LogP contribution in [-0.2, 0) is 0 Å². The van der Waals surface area contributed by atoms with Crippen LogP contribution in [0.15, 0.2) is 24.3 Å². The van der Waals surface area contributed by atoms with E-state index in [-0.39, 0.29) is 24.0 Å². The molecule has 0 saturated heterocycles. The second-order valence-corrected chi connectivity index (χ2v) is 5.98. The molecule has 0 saturated carbocycles. The molecule has 0 spiro atoms. The highest BCUT2D eigenvalue weighted by atomic mass is 16.3. The number of hydrogen-bond donors (Lipinski definition) is 3. The van der Waals surface area contributed by atoms with Crippen molar-refractivity contribution in [2.45, 2.75) is 40.2 Å². The number of nitrogens with one attached hydrogen (secondary N) is 2. The molecule has 1 unspecified atom stereocenters. The molecule has 1 rings (SSSR count). The Hall–Kier alpha value is -1.55. The Morgan fingerprint density at radius 1 is 1.30 bits per heavy atom. The van der Waals surface area contributed by atoms with Gasteiger partial charge >= 0.3 is 0 Å². The summed E-state index contributed by atoms with van der Waals surface area (Å²) in [4.78, 5) is 12.4. The number of carbonyl (C=O) groups excluding carboxylic acids is 1. The lowest BCUT2D eigenvalue weighted by Gasteiger charge is -2.31.